The minimum atomic E-state index is 0.732. The summed E-state index contributed by atoms with van der Waals surface area (Å²) in [6, 6.07) is 1.96. The van der Waals surface area contributed by atoms with Crippen LogP contribution in [0.25, 0.3) is 6.08 Å². The summed E-state index contributed by atoms with van der Waals surface area (Å²) in [6.45, 7) is 4.29. The van der Waals surface area contributed by atoms with Crippen LogP contribution in [0, 0.1) is 5.92 Å². The Bertz CT molecular complexity index is 405. The zero-order chi connectivity index (χ0) is 13.5. The zero-order valence-corrected chi connectivity index (χ0v) is 13.3. The van der Waals surface area contributed by atoms with Gasteiger partial charge < -0.3 is 9.73 Å². The van der Waals surface area contributed by atoms with E-state index in [0.29, 0.717) is 0 Å². The molecule has 2 nitrogen and oxygen atoms in total. The molecule has 0 saturated heterocycles. The van der Waals surface area contributed by atoms with Gasteiger partial charge in [-0.25, -0.2) is 0 Å². The van der Waals surface area contributed by atoms with Crippen LogP contribution in [0.3, 0.4) is 0 Å². The van der Waals surface area contributed by atoms with Gasteiger partial charge in [0.1, 0.15) is 5.76 Å². The van der Waals surface area contributed by atoms with Crippen LogP contribution >= 0.6 is 15.9 Å². The molecule has 3 heteroatoms. The van der Waals surface area contributed by atoms with Gasteiger partial charge in [0, 0.05) is 6.54 Å². The van der Waals surface area contributed by atoms with E-state index >= 15 is 0 Å². The molecular formula is C16H24BrNO. The Morgan fingerprint density at radius 3 is 2.84 bits per heavy atom. The summed E-state index contributed by atoms with van der Waals surface area (Å²) < 4.78 is 6.59. The molecule has 1 saturated carbocycles. The van der Waals surface area contributed by atoms with Gasteiger partial charge in [0.2, 0.25) is 0 Å². The Hall–Kier alpha value is -0.540. The van der Waals surface area contributed by atoms with Crippen LogP contribution in [0.4, 0.5) is 0 Å². The van der Waals surface area contributed by atoms with Gasteiger partial charge >= 0.3 is 0 Å². The average molecular weight is 326 g/mol. The van der Waals surface area contributed by atoms with Crippen LogP contribution in [0.15, 0.2) is 26.8 Å². The van der Waals surface area contributed by atoms with Crippen molar-refractivity contribution >= 4 is 22.0 Å². The van der Waals surface area contributed by atoms with Crippen LogP contribution in [-0.2, 0) is 0 Å². The molecule has 0 aromatic carbocycles. The highest BCUT2D eigenvalue weighted by Crippen LogP contribution is 2.31. The largest absolute Gasteiger partial charge is 0.464 e. The fourth-order valence-corrected chi connectivity index (χ4v) is 3.09. The zero-order valence-electron chi connectivity index (χ0n) is 11.8. The van der Waals surface area contributed by atoms with Crippen molar-refractivity contribution in [2.45, 2.75) is 45.4 Å². The maximum absolute atomic E-state index is 5.54. The van der Waals surface area contributed by atoms with Crippen molar-refractivity contribution in [3.63, 3.8) is 0 Å². The number of hydrogen-bond donors (Lipinski definition) is 1. The van der Waals surface area contributed by atoms with E-state index in [1.165, 1.54) is 44.1 Å². The van der Waals surface area contributed by atoms with Crippen LogP contribution in [0.2, 0.25) is 0 Å². The second kappa shape index (κ2) is 7.91. The van der Waals surface area contributed by atoms with Gasteiger partial charge in [-0.1, -0.05) is 26.2 Å². The highest BCUT2D eigenvalue weighted by molar-refractivity contribution is 9.10. The first kappa shape index (κ1) is 14.9. The van der Waals surface area contributed by atoms with E-state index < -0.39 is 0 Å². The van der Waals surface area contributed by atoms with E-state index in [4.69, 9.17) is 4.42 Å². The van der Waals surface area contributed by atoms with Gasteiger partial charge in [-0.3, -0.25) is 0 Å². The van der Waals surface area contributed by atoms with Crippen molar-refractivity contribution in [3.05, 3.63) is 28.1 Å². The van der Waals surface area contributed by atoms with E-state index in [-0.39, 0.29) is 0 Å². The average Bonchev–Trinajstić information content (AvgIpc) is 2.84. The molecule has 1 aliphatic rings. The Balaban J connectivity index is 2.08. The van der Waals surface area contributed by atoms with Crippen molar-refractivity contribution < 1.29 is 4.42 Å². The molecular weight excluding hydrogens is 302 g/mol. The quantitative estimate of drug-likeness (QED) is 0.744. The molecule has 0 bridgehead atoms. The Morgan fingerprint density at radius 1 is 1.42 bits per heavy atom. The van der Waals surface area contributed by atoms with Crippen molar-refractivity contribution in [2.24, 2.45) is 5.92 Å². The fraction of sp³-hybridized carbons (Fsp3) is 0.625. The number of rotatable bonds is 6. The number of hydrogen-bond acceptors (Lipinski definition) is 2. The lowest BCUT2D eigenvalue weighted by molar-refractivity contribution is 0.396. The van der Waals surface area contributed by atoms with E-state index in [0.717, 1.165) is 29.2 Å². The van der Waals surface area contributed by atoms with Crippen molar-refractivity contribution in [1.82, 2.24) is 5.32 Å². The second-order valence-corrected chi connectivity index (χ2v) is 6.22. The molecule has 0 unspecified atom stereocenters. The van der Waals surface area contributed by atoms with Crippen molar-refractivity contribution in [2.75, 3.05) is 13.1 Å². The first-order valence-electron chi connectivity index (χ1n) is 7.45. The predicted molar refractivity (Wildman–Crippen MR) is 84.1 cm³/mol. The van der Waals surface area contributed by atoms with Crippen LogP contribution < -0.4 is 5.32 Å². The molecule has 0 atom stereocenters. The number of furan rings is 1. The first-order valence-corrected chi connectivity index (χ1v) is 8.24. The number of halogens is 1. The molecule has 1 aliphatic carbocycles. The molecule has 1 aromatic rings. The van der Waals surface area contributed by atoms with Gasteiger partial charge in [-0.05, 0) is 65.4 Å². The minimum Gasteiger partial charge on any atom is -0.464 e. The Labute approximate surface area is 124 Å². The summed E-state index contributed by atoms with van der Waals surface area (Å²) in [4.78, 5) is 0. The van der Waals surface area contributed by atoms with Crippen LogP contribution in [0.1, 0.15) is 51.2 Å². The van der Waals surface area contributed by atoms with E-state index in [9.17, 15) is 0 Å². The van der Waals surface area contributed by atoms with Crippen LogP contribution in [-0.4, -0.2) is 13.1 Å². The van der Waals surface area contributed by atoms with Crippen LogP contribution in [0.5, 0.6) is 0 Å². The van der Waals surface area contributed by atoms with Crippen molar-refractivity contribution in [1.29, 1.82) is 0 Å². The minimum absolute atomic E-state index is 0.732. The highest BCUT2D eigenvalue weighted by atomic mass is 79.9. The summed E-state index contributed by atoms with van der Waals surface area (Å²) >= 11 is 3.54. The molecule has 2 rings (SSSR count). The molecule has 0 spiro atoms. The summed E-state index contributed by atoms with van der Waals surface area (Å²) in [5, 5.41) is 3.54. The topological polar surface area (TPSA) is 25.2 Å². The third-order valence-electron chi connectivity index (χ3n) is 3.85. The standard InChI is InChI=1S/C16H24BrNO/c1-2-9-18-12-14(13-6-4-3-5-7-13)11-16-15(17)8-10-19-16/h8,10-11,13,18H,2-7,9,12H2,1H3/b14-11-. The summed E-state index contributed by atoms with van der Waals surface area (Å²) in [6.07, 6.45) is 12.0. The molecule has 1 heterocycles. The molecule has 1 aromatic heterocycles. The number of nitrogens with one attached hydrogen (secondary N) is 1. The molecule has 106 valence electrons. The van der Waals surface area contributed by atoms with Gasteiger partial charge in [0.05, 0.1) is 10.7 Å². The molecule has 1 fully saturated rings. The summed E-state index contributed by atoms with van der Waals surface area (Å²) in [7, 11) is 0. The maximum atomic E-state index is 5.54. The van der Waals surface area contributed by atoms with E-state index in [2.05, 4.69) is 34.2 Å². The molecule has 0 radical (unpaired) electrons. The predicted octanol–water partition coefficient (Wildman–Crippen LogP) is 5.01. The summed E-state index contributed by atoms with van der Waals surface area (Å²) in [5.74, 6) is 1.69. The molecule has 0 amide bonds. The SMILES string of the molecule is CCCNC/C(=C/c1occc1Br)C1CCCCC1. The van der Waals surface area contributed by atoms with Gasteiger partial charge in [-0.2, -0.15) is 0 Å². The van der Waals surface area contributed by atoms with Crippen molar-refractivity contribution in [3.8, 4) is 0 Å². The lowest BCUT2D eigenvalue weighted by Gasteiger charge is -2.25. The van der Waals surface area contributed by atoms with Gasteiger partial charge in [0.15, 0.2) is 0 Å². The normalized spacial score (nSPS) is 17.9. The Morgan fingerprint density at radius 2 is 2.21 bits per heavy atom. The van der Waals surface area contributed by atoms with E-state index in [1.807, 2.05) is 6.07 Å². The first-order chi connectivity index (χ1) is 9.31. The lowest BCUT2D eigenvalue weighted by atomic mass is 9.83. The molecule has 19 heavy (non-hydrogen) atoms. The summed E-state index contributed by atoms with van der Waals surface area (Å²) in [5.41, 5.74) is 1.50. The molecule has 1 N–H and O–H groups in total. The molecule has 0 aliphatic heterocycles. The fourth-order valence-electron chi connectivity index (χ4n) is 2.77. The smallest absolute Gasteiger partial charge is 0.140 e. The third-order valence-corrected chi connectivity index (χ3v) is 4.50. The Kier molecular flexibility index (Phi) is 6.18. The van der Waals surface area contributed by atoms with Gasteiger partial charge in [-0.15, -0.1) is 0 Å². The van der Waals surface area contributed by atoms with Gasteiger partial charge in [0.25, 0.3) is 0 Å². The maximum Gasteiger partial charge on any atom is 0.140 e. The monoisotopic (exact) mass is 325 g/mol. The van der Waals surface area contributed by atoms with E-state index in [1.54, 1.807) is 6.26 Å². The lowest BCUT2D eigenvalue weighted by Crippen LogP contribution is -2.22. The third kappa shape index (κ3) is 4.50. The second-order valence-electron chi connectivity index (χ2n) is 5.36. The highest BCUT2D eigenvalue weighted by Gasteiger charge is 2.18.